The van der Waals surface area contributed by atoms with E-state index in [1.54, 1.807) is 12.1 Å². The molecule has 0 fully saturated rings. The molecule has 0 atom stereocenters. The predicted octanol–water partition coefficient (Wildman–Crippen LogP) is 1.74. The third-order valence-electron chi connectivity index (χ3n) is 2.74. The fourth-order valence-corrected chi connectivity index (χ4v) is 1.81. The molecule has 0 saturated heterocycles. The van der Waals surface area contributed by atoms with Gasteiger partial charge in [0.25, 0.3) is 6.43 Å². The molecule has 0 aliphatic heterocycles. The molecular weight excluding hydrogens is 332 g/mol. The minimum Gasteiger partial charge on any atom is -0.454 e. The van der Waals surface area contributed by atoms with Crippen molar-refractivity contribution in [3.8, 4) is 0 Å². The second kappa shape index (κ2) is 8.23. The second-order valence-electron chi connectivity index (χ2n) is 4.23. The smallest absolute Gasteiger partial charge is 0.344 e. The van der Waals surface area contributed by atoms with Crippen molar-refractivity contribution in [1.82, 2.24) is 5.32 Å². The summed E-state index contributed by atoms with van der Waals surface area (Å²) in [6.07, 6.45) is -3.22. The highest BCUT2D eigenvalue weighted by Crippen LogP contribution is 2.16. The average Bonchev–Trinajstić information content (AvgIpc) is 2.52. The number of nitrogens with one attached hydrogen (secondary N) is 2. The Bertz CT molecular complexity index is 662. The number of carbonyl (C=O) groups is 2. The van der Waals surface area contributed by atoms with Gasteiger partial charge < -0.3 is 15.8 Å². The van der Waals surface area contributed by atoms with Crippen molar-refractivity contribution in [3.05, 3.63) is 46.2 Å². The van der Waals surface area contributed by atoms with Crippen LogP contribution in [0.1, 0.15) is 10.4 Å². The number of hydrogen-bond donors (Lipinski definition) is 3. The molecule has 1 aromatic rings. The summed E-state index contributed by atoms with van der Waals surface area (Å²) in [6, 6.07) is 6.09. The molecule has 0 spiro atoms. The summed E-state index contributed by atoms with van der Waals surface area (Å²) in [5.74, 6) is -2.37. The summed E-state index contributed by atoms with van der Waals surface area (Å²) in [7, 11) is 1.29. The van der Waals surface area contributed by atoms with Crippen molar-refractivity contribution < 1.29 is 23.1 Å². The van der Waals surface area contributed by atoms with Crippen LogP contribution in [0, 0.1) is 5.41 Å². The van der Waals surface area contributed by atoms with E-state index in [-0.39, 0.29) is 10.6 Å². The summed E-state index contributed by atoms with van der Waals surface area (Å²) in [5, 5.41) is 9.67. The fourth-order valence-electron chi connectivity index (χ4n) is 1.57. The predicted molar refractivity (Wildman–Crippen MR) is 80.7 cm³/mol. The largest absolute Gasteiger partial charge is 0.454 e. The van der Waals surface area contributed by atoms with Crippen molar-refractivity contribution in [2.24, 2.45) is 5.73 Å². The Morgan fingerprint density at radius 3 is 2.52 bits per heavy atom. The number of nitrogens with two attached hydrogens (primary N) is 1. The van der Waals surface area contributed by atoms with Gasteiger partial charge in [0, 0.05) is 12.6 Å². The van der Waals surface area contributed by atoms with E-state index >= 15 is 0 Å². The van der Waals surface area contributed by atoms with E-state index in [4.69, 9.17) is 22.7 Å². The number of hydrogen-bond acceptors (Lipinski definition) is 6. The second-order valence-corrected chi connectivity index (χ2v) is 4.64. The Morgan fingerprint density at radius 2 is 2.00 bits per heavy atom. The number of benzene rings is 1. The number of alkyl halides is 2. The zero-order valence-corrected chi connectivity index (χ0v) is 12.8. The lowest BCUT2D eigenvalue weighted by atomic mass is 10.1. The molecular formula is C14H14ClF2N3O3. The van der Waals surface area contributed by atoms with Crippen molar-refractivity contribution in [3.63, 3.8) is 0 Å². The van der Waals surface area contributed by atoms with Gasteiger partial charge in [-0.1, -0.05) is 23.7 Å². The van der Waals surface area contributed by atoms with E-state index in [1.165, 1.54) is 19.2 Å². The Kier molecular flexibility index (Phi) is 6.65. The Labute approximate surface area is 135 Å². The van der Waals surface area contributed by atoms with Gasteiger partial charge in [-0.25, -0.2) is 13.6 Å². The maximum absolute atomic E-state index is 12.6. The molecule has 1 aromatic carbocycles. The van der Waals surface area contributed by atoms with Gasteiger partial charge in [0.1, 0.15) is 17.1 Å². The zero-order valence-electron chi connectivity index (χ0n) is 12.0. The number of rotatable bonds is 7. The summed E-state index contributed by atoms with van der Waals surface area (Å²) in [6.45, 7) is -0.723. The molecule has 0 amide bonds. The van der Waals surface area contributed by atoms with Crippen LogP contribution in [0.25, 0.3) is 0 Å². The first-order valence-electron chi connectivity index (χ1n) is 6.28. The van der Waals surface area contributed by atoms with Gasteiger partial charge >= 0.3 is 5.97 Å². The monoisotopic (exact) mass is 345 g/mol. The SMILES string of the molecule is CN/C(N)=C(\C(=N)C(F)F)C(=O)OCC(=O)c1ccccc1Cl. The molecule has 1 rings (SSSR count). The van der Waals surface area contributed by atoms with Crippen LogP contribution in [0.5, 0.6) is 0 Å². The van der Waals surface area contributed by atoms with Crippen LogP contribution in [0.3, 0.4) is 0 Å². The number of ether oxygens (including phenoxy) is 1. The Balaban J connectivity index is 2.87. The number of esters is 1. The van der Waals surface area contributed by atoms with Gasteiger partial charge in [0.2, 0.25) is 5.78 Å². The highest BCUT2D eigenvalue weighted by Gasteiger charge is 2.27. The van der Waals surface area contributed by atoms with E-state index < -0.39 is 41.9 Å². The fraction of sp³-hybridized carbons (Fsp3) is 0.214. The van der Waals surface area contributed by atoms with Gasteiger partial charge in [-0.15, -0.1) is 0 Å². The summed E-state index contributed by atoms with van der Waals surface area (Å²) < 4.78 is 29.9. The number of halogens is 3. The molecule has 0 saturated carbocycles. The third-order valence-corrected chi connectivity index (χ3v) is 3.07. The lowest BCUT2D eigenvalue weighted by molar-refractivity contribution is -0.137. The van der Waals surface area contributed by atoms with Crippen LogP contribution in [0.2, 0.25) is 5.02 Å². The number of ketones is 1. The Morgan fingerprint density at radius 1 is 1.39 bits per heavy atom. The third kappa shape index (κ3) is 4.75. The maximum atomic E-state index is 12.6. The average molecular weight is 346 g/mol. The minimum absolute atomic E-state index is 0.123. The molecule has 0 aliphatic rings. The topological polar surface area (TPSA) is 105 Å². The highest BCUT2D eigenvalue weighted by atomic mass is 35.5. The van der Waals surface area contributed by atoms with Crippen LogP contribution in [-0.4, -0.2) is 37.5 Å². The van der Waals surface area contributed by atoms with Crippen molar-refractivity contribution in [1.29, 1.82) is 5.41 Å². The van der Waals surface area contributed by atoms with E-state index in [0.717, 1.165) is 0 Å². The molecule has 0 aliphatic carbocycles. The molecule has 0 bridgehead atoms. The first-order valence-corrected chi connectivity index (χ1v) is 6.66. The van der Waals surface area contributed by atoms with E-state index in [2.05, 4.69) is 10.1 Å². The summed E-state index contributed by atoms with van der Waals surface area (Å²) >= 11 is 5.83. The van der Waals surface area contributed by atoms with Gasteiger partial charge in [0.05, 0.1) is 5.02 Å². The quantitative estimate of drug-likeness (QED) is 0.302. The van der Waals surface area contributed by atoms with Crippen molar-refractivity contribution in [2.75, 3.05) is 13.7 Å². The van der Waals surface area contributed by atoms with Crippen molar-refractivity contribution in [2.45, 2.75) is 6.43 Å². The normalized spacial score (nSPS) is 11.7. The van der Waals surface area contributed by atoms with Crippen molar-refractivity contribution >= 4 is 29.1 Å². The van der Waals surface area contributed by atoms with Gasteiger partial charge in [-0.3, -0.25) is 10.2 Å². The van der Waals surface area contributed by atoms with Crippen LogP contribution in [-0.2, 0) is 9.53 Å². The number of Topliss-reactive ketones (excluding diaryl/α,β-unsaturated/α-hetero) is 1. The Hall–Kier alpha value is -2.48. The van der Waals surface area contributed by atoms with Crippen LogP contribution >= 0.6 is 11.6 Å². The lowest BCUT2D eigenvalue weighted by Crippen LogP contribution is -2.30. The molecule has 0 aromatic heterocycles. The first kappa shape index (κ1) is 18.6. The zero-order chi connectivity index (χ0) is 17.6. The molecule has 0 unspecified atom stereocenters. The molecule has 0 radical (unpaired) electrons. The molecule has 124 valence electrons. The van der Waals surface area contributed by atoms with E-state index in [9.17, 15) is 18.4 Å². The first-order chi connectivity index (χ1) is 10.8. The van der Waals surface area contributed by atoms with Gasteiger partial charge in [-0.05, 0) is 12.1 Å². The number of carbonyl (C=O) groups excluding carboxylic acids is 2. The van der Waals surface area contributed by atoms with Crippen LogP contribution < -0.4 is 11.1 Å². The van der Waals surface area contributed by atoms with Gasteiger partial charge in [-0.2, -0.15) is 0 Å². The van der Waals surface area contributed by atoms with Gasteiger partial charge in [0.15, 0.2) is 6.61 Å². The lowest BCUT2D eigenvalue weighted by Gasteiger charge is -2.12. The summed E-state index contributed by atoms with van der Waals surface area (Å²) in [4.78, 5) is 23.8. The van der Waals surface area contributed by atoms with E-state index in [1.807, 2.05) is 0 Å². The molecule has 0 heterocycles. The standard InChI is InChI=1S/C14H14ClF2N3O3/c1-20-13(19)10(11(18)12(16)17)14(22)23-6-9(21)7-4-2-3-5-8(7)15/h2-5,12,18,20H,6,19H2,1H3/b13-10+,18-11?. The summed E-state index contributed by atoms with van der Waals surface area (Å²) in [5.41, 5.74) is 3.39. The molecule has 23 heavy (non-hydrogen) atoms. The van der Waals surface area contributed by atoms with Crippen LogP contribution in [0.4, 0.5) is 8.78 Å². The highest BCUT2D eigenvalue weighted by molar-refractivity contribution is 6.34. The molecule has 6 nitrogen and oxygen atoms in total. The molecule has 9 heteroatoms. The van der Waals surface area contributed by atoms with Crippen LogP contribution in [0.15, 0.2) is 35.7 Å². The minimum atomic E-state index is -3.22. The maximum Gasteiger partial charge on any atom is 0.344 e. The molecule has 4 N–H and O–H groups in total. The van der Waals surface area contributed by atoms with E-state index in [0.29, 0.717) is 0 Å².